The molecule has 1 aromatic rings. The molecule has 0 spiro atoms. The molecule has 1 amide bonds. The Hall–Kier alpha value is -1.33. The molecule has 0 aromatic carbocycles. The molecule has 1 saturated heterocycles. The van der Waals surface area contributed by atoms with Crippen molar-refractivity contribution in [2.75, 3.05) is 13.7 Å². The average Bonchev–Trinajstić information content (AvgIpc) is 3.25. The van der Waals surface area contributed by atoms with E-state index >= 15 is 0 Å². The lowest BCUT2D eigenvalue weighted by molar-refractivity contribution is -0.136. The number of amides is 1. The number of carbonyl (C=O) groups excluding carboxylic acids is 1. The molecule has 2 aliphatic rings. The number of rotatable bonds is 5. The molecule has 2 unspecified atom stereocenters. The van der Waals surface area contributed by atoms with Crippen LogP contribution in [0.5, 0.6) is 0 Å². The fourth-order valence-electron chi connectivity index (χ4n) is 3.44. The van der Waals surface area contributed by atoms with Crippen molar-refractivity contribution >= 4 is 5.91 Å². The number of furan rings is 1. The van der Waals surface area contributed by atoms with Crippen LogP contribution >= 0.6 is 0 Å². The molecule has 2 fully saturated rings. The van der Waals surface area contributed by atoms with E-state index in [0.29, 0.717) is 12.6 Å². The summed E-state index contributed by atoms with van der Waals surface area (Å²) in [4.78, 5) is 14.9. The van der Waals surface area contributed by atoms with E-state index in [9.17, 15) is 4.79 Å². The maximum absolute atomic E-state index is 12.9. The highest BCUT2D eigenvalue weighted by atomic mass is 16.5. The summed E-state index contributed by atoms with van der Waals surface area (Å²) >= 11 is 0. The van der Waals surface area contributed by atoms with Crippen LogP contribution in [0.25, 0.3) is 0 Å². The summed E-state index contributed by atoms with van der Waals surface area (Å²) in [5, 5.41) is 3.29. The van der Waals surface area contributed by atoms with Gasteiger partial charge in [0.1, 0.15) is 5.76 Å². The van der Waals surface area contributed by atoms with Gasteiger partial charge in [-0.3, -0.25) is 4.79 Å². The monoisotopic (exact) mass is 292 g/mol. The third-order valence-electron chi connectivity index (χ3n) is 4.68. The van der Waals surface area contributed by atoms with Crippen molar-refractivity contribution in [3.05, 3.63) is 24.2 Å². The standard InChI is InChI=1S/C16H24N2O3/c1-20-14-9-15(17-10-14)16(19)18(12-5-2-3-6-12)11-13-7-4-8-21-13/h4,7-8,12,14-15,17H,2-3,5-6,9-11H2,1H3. The molecule has 3 rings (SSSR count). The SMILES string of the molecule is COC1CNC(C(=O)N(Cc2ccco2)C2CCCC2)C1. The van der Waals surface area contributed by atoms with E-state index in [2.05, 4.69) is 5.32 Å². The van der Waals surface area contributed by atoms with Crippen molar-refractivity contribution in [3.8, 4) is 0 Å². The normalized spacial score (nSPS) is 26.3. The summed E-state index contributed by atoms with van der Waals surface area (Å²) in [5.41, 5.74) is 0. The first-order valence-electron chi connectivity index (χ1n) is 7.87. The summed E-state index contributed by atoms with van der Waals surface area (Å²) in [6.45, 7) is 1.33. The van der Waals surface area contributed by atoms with Gasteiger partial charge in [0.2, 0.25) is 5.91 Å². The van der Waals surface area contributed by atoms with E-state index in [0.717, 1.165) is 31.6 Å². The molecule has 2 heterocycles. The van der Waals surface area contributed by atoms with Crippen LogP contribution in [0.1, 0.15) is 37.9 Å². The number of hydrogen-bond donors (Lipinski definition) is 1. The minimum Gasteiger partial charge on any atom is -0.467 e. The van der Waals surface area contributed by atoms with Crippen LogP contribution in [0, 0.1) is 0 Å². The molecule has 1 aromatic heterocycles. The van der Waals surface area contributed by atoms with E-state index in [1.165, 1.54) is 12.8 Å². The summed E-state index contributed by atoms with van der Waals surface area (Å²) < 4.78 is 10.8. The molecular weight excluding hydrogens is 268 g/mol. The molecule has 5 heteroatoms. The number of ether oxygens (including phenoxy) is 1. The van der Waals surface area contributed by atoms with Crippen molar-refractivity contribution in [3.63, 3.8) is 0 Å². The van der Waals surface area contributed by atoms with Crippen molar-refractivity contribution in [1.29, 1.82) is 0 Å². The van der Waals surface area contributed by atoms with Gasteiger partial charge in [-0.1, -0.05) is 12.8 Å². The highest BCUT2D eigenvalue weighted by Crippen LogP contribution is 2.27. The first-order chi connectivity index (χ1) is 10.3. The molecule has 1 aliphatic heterocycles. The van der Waals surface area contributed by atoms with Gasteiger partial charge in [-0.05, 0) is 31.4 Å². The van der Waals surface area contributed by atoms with Gasteiger partial charge in [-0.15, -0.1) is 0 Å². The quantitative estimate of drug-likeness (QED) is 0.901. The second-order valence-electron chi connectivity index (χ2n) is 6.04. The first-order valence-corrected chi connectivity index (χ1v) is 7.87. The van der Waals surface area contributed by atoms with Gasteiger partial charge >= 0.3 is 0 Å². The van der Waals surface area contributed by atoms with E-state index in [1.54, 1.807) is 13.4 Å². The third-order valence-corrected chi connectivity index (χ3v) is 4.68. The van der Waals surface area contributed by atoms with Crippen LogP contribution in [0.2, 0.25) is 0 Å². The molecule has 1 N–H and O–H groups in total. The number of carbonyl (C=O) groups is 1. The third kappa shape index (κ3) is 3.30. The summed E-state index contributed by atoms with van der Waals surface area (Å²) in [5.74, 6) is 1.05. The summed E-state index contributed by atoms with van der Waals surface area (Å²) in [7, 11) is 1.71. The van der Waals surface area contributed by atoms with Crippen LogP contribution in [0.15, 0.2) is 22.8 Å². The van der Waals surface area contributed by atoms with Gasteiger partial charge in [0, 0.05) is 19.7 Å². The van der Waals surface area contributed by atoms with Gasteiger partial charge in [-0.2, -0.15) is 0 Å². The van der Waals surface area contributed by atoms with E-state index in [-0.39, 0.29) is 18.1 Å². The molecule has 2 atom stereocenters. The van der Waals surface area contributed by atoms with E-state index in [1.807, 2.05) is 17.0 Å². The maximum Gasteiger partial charge on any atom is 0.240 e. The second-order valence-corrected chi connectivity index (χ2v) is 6.04. The Bertz CT molecular complexity index is 454. The highest BCUT2D eigenvalue weighted by Gasteiger charge is 2.36. The summed E-state index contributed by atoms with van der Waals surface area (Å²) in [6, 6.07) is 4.05. The predicted octanol–water partition coefficient (Wildman–Crippen LogP) is 1.93. The molecule has 21 heavy (non-hydrogen) atoms. The van der Waals surface area contributed by atoms with E-state index in [4.69, 9.17) is 9.15 Å². The zero-order valence-electron chi connectivity index (χ0n) is 12.6. The van der Waals surface area contributed by atoms with Gasteiger partial charge in [0.05, 0.1) is 25.0 Å². The zero-order valence-corrected chi connectivity index (χ0v) is 12.6. The molecule has 0 bridgehead atoms. The minimum absolute atomic E-state index is 0.120. The Balaban J connectivity index is 1.70. The second kappa shape index (κ2) is 6.62. The minimum atomic E-state index is -0.120. The van der Waals surface area contributed by atoms with Gasteiger partial charge in [0.15, 0.2) is 0 Å². The van der Waals surface area contributed by atoms with Crippen LogP contribution < -0.4 is 5.32 Å². The van der Waals surface area contributed by atoms with Crippen molar-refractivity contribution in [2.45, 2.75) is 56.8 Å². The fraction of sp³-hybridized carbons (Fsp3) is 0.688. The lowest BCUT2D eigenvalue weighted by atomic mass is 10.1. The Morgan fingerprint density at radius 1 is 1.48 bits per heavy atom. The fourth-order valence-corrected chi connectivity index (χ4v) is 3.44. The molecule has 1 aliphatic carbocycles. The van der Waals surface area contributed by atoms with Crippen LogP contribution in [-0.4, -0.2) is 42.6 Å². The van der Waals surface area contributed by atoms with Crippen molar-refractivity contribution in [2.24, 2.45) is 0 Å². The van der Waals surface area contributed by atoms with Crippen LogP contribution in [0.3, 0.4) is 0 Å². The lowest BCUT2D eigenvalue weighted by Crippen LogP contribution is -2.47. The zero-order chi connectivity index (χ0) is 14.7. The highest BCUT2D eigenvalue weighted by molar-refractivity contribution is 5.82. The van der Waals surface area contributed by atoms with Gasteiger partial charge in [0.25, 0.3) is 0 Å². The number of hydrogen-bond acceptors (Lipinski definition) is 4. The molecule has 1 saturated carbocycles. The van der Waals surface area contributed by atoms with Crippen molar-refractivity contribution in [1.82, 2.24) is 10.2 Å². The number of nitrogens with zero attached hydrogens (tertiary/aromatic N) is 1. The van der Waals surface area contributed by atoms with Gasteiger partial charge < -0.3 is 19.4 Å². The lowest BCUT2D eigenvalue weighted by Gasteiger charge is -2.30. The Morgan fingerprint density at radius 2 is 2.29 bits per heavy atom. The van der Waals surface area contributed by atoms with Crippen molar-refractivity contribution < 1.29 is 13.9 Å². The Kier molecular flexibility index (Phi) is 4.60. The summed E-state index contributed by atoms with van der Waals surface area (Å²) in [6.07, 6.45) is 7.21. The average molecular weight is 292 g/mol. The molecule has 0 radical (unpaired) electrons. The first kappa shape index (κ1) is 14.6. The molecular formula is C16H24N2O3. The van der Waals surface area contributed by atoms with Crippen LogP contribution in [-0.2, 0) is 16.1 Å². The number of methoxy groups -OCH3 is 1. The maximum atomic E-state index is 12.9. The molecule has 5 nitrogen and oxygen atoms in total. The topological polar surface area (TPSA) is 54.7 Å². The molecule has 116 valence electrons. The Labute approximate surface area is 125 Å². The Morgan fingerprint density at radius 3 is 2.90 bits per heavy atom. The van der Waals surface area contributed by atoms with Crippen LogP contribution in [0.4, 0.5) is 0 Å². The number of nitrogens with one attached hydrogen (secondary N) is 1. The predicted molar refractivity (Wildman–Crippen MR) is 78.7 cm³/mol. The largest absolute Gasteiger partial charge is 0.467 e. The van der Waals surface area contributed by atoms with E-state index < -0.39 is 0 Å². The van der Waals surface area contributed by atoms with Gasteiger partial charge in [-0.25, -0.2) is 0 Å². The smallest absolute Gasteiger partial charge is 0.240 e.